The van der Waals surface area contributed by atoms with Gasteiger partial charge in [0.15, 0.2) is 4.32 Å². The summed E-state index contributed by atoms with van der Waals surface area (Å²) in [5, 5.41) is 3.24. The van der Waals surface area contributed by atoms with Gasteiger partial charge in [-0.15, -0.1) is 0 Å². The van der Waals surface area contributed by atoms with E-state index in [1.54, 1.807) is 37.0 Å². The Hall–Kier alpha value is -3.96. The molecule has 0 spiro atoms. The normalized spacial score (nSPS) is 14.9. The summed E-state index contributed by atoms with van der Waals surface area (Å²) in [5.74, 6) is 0.241. The number of amides is 1. The van der Waals surface area contributed by atoms with Crippen LogP contribution in [0.4, 0.5) is 11.5 Å². The number of pyridine rings is 1. The number of hydrogen-bond acceptors (Lipinski definition) is 7. The summed E-state index contributed by atoms with van der Waals surface area (Å²) in [6.45, 7) is 6.47. The van der Waals surface area contributed by atoms with Gasteiger partial charge in [-0.1, -0.05) is 62.1 Å². The van der Waals surface area contributed by atoms with Crippen LogP contribution in [0, 0.1) is 12.8 Å². The van der Waals surface area contributed by atoms with Crippen LogP contribution in [-0.4, -0.2) is 35.5 Å². The average Bonchev–Trinajstić information content (AvgIpc) is 3.29. The molecule has 1 fully saturated rings. The number of thiocarbonyl (C=S) groups is 1. The predicted molar refractivity (Wildman–Crippen MR) is 156 cm³/mol. The van der Waals surface area contributed by atoms with Gasteiger partial charge in [0.25, 0.3) is 17.0 Å². The summed E-state index contributed by atoms with van der Waals surface area (Å²) in [7, 11) is 1.76. The number of hydrogen-bond donors (Lipinski definition) is 1. The molecule has 0 radical (unpaired) electrons. The molecule has 1 amide bonds. The van der Waals surface area contributed by atoms with Crippen molar-refractivity contribution in [3.05, 3.63) is 91.6 Å². The molecular weight excluding hydrogens is 520 g/mol. The number of benzene rings is 1. The van der Waals surface area contributed by atoms with E-state index in [0.717, 1.165) is 11.8 Å². The van der Waals surface area contributed by atoms with E-state index in [0.29, 0.717) is 35.3 Å². The summed E-state index contributed by atoms with van der Waals surface area (Å²) < 4.78 is 4.86. The first kappa shape index (κ1) is 25.7. The average molecular weight is 547 g/mol. The number of nitrogens with one attached hydrogen (secondary N) is 1. The number of thioether (sulfide) groups is 1. The lowest BCUT2D eigenvalue weighted by Crippen LogP contribution is -2.33. The molecule has 4 heterocycles. The Morgan fingerprint density at radius 1 is 1.05 bits per heavy atom. The minimum atomic E-state index is -0.460. The van der Waals surface area contributed by atoms with Crippen molar-refractivity contribution in [2.45, 2.75) is 20.8 Å². The highest BCUT2D eigenvalue weighted by molar-refractivity contribution is 8.27. The molecule has 4 aromatic rings. The van der Waals surface area contributed by atoms with Crippen LogP contribution < -0.4 is 21.3 Å². The quantitative estimate of drug-likeness (QED) is 0.289. The molecule has 1 aromatic carbocycles. The monoisotopic (exact) mass is 546 g/mol. The predicted octanol–water partition coefficient (Wildman–Crippen LogP) is 3.97. The number of para-hydroxylation sites is 1. The number of nitrogens with zero attached hydrogens (tertiary/aromatic N) is 5. The van der Waals surface area contributed by atoms with Crippen LogP contribution in [0.3, 0.4) is 0 Å². The van der Waals surface area contributed by atoms with Crippen LogP contribution in [-0.2, 0) is 11.8 Å². The molecule has 9 nitrogen and oxygen atoms in total. The standard InChI is InChI=1S/C27H26N6O3S2/c1-16(2)15-28-23-19(24(34)31-13-9-8-12-21(31)29-23)14-20-25(35)32(27(37)38-20)22-17(3)30(4)33(26(22)36)18-10-6-5-7-11-18/h5-14,16,28H,15H2,1-4H3. The van der Waals surface area contributed by atoms with Crippen molar-refractivity contribution in [3.8, 4) is 5.69 Å². The lowest BCUT2D eigenvalue weighted by Gasteiger charge is -2.13. The molecule has 194 valence electrons. The number of rotatable bonds is 6. The molecule has 1 aliphatic rings. The number of carbonyl (C=O) groups is 1. The van der Waals surface area contributed by atoms with Gasteiger partial charge in [-0.25, -0.2) is 9.67 Å². The summed E-state index contributed by atoms with van der Waals surface area (Å²) in [6, 6.07) is 14.5. The van der Waals surface area contributed by atoms with Crippen LogP contribution in [0.25, 0.3) is 17.4 Å². The summed E-state index contributed by atoms with van der Waals surface area (Å²) in [5.41, 5.74) is 1.52. The van der Waals surface area contributed by atoms with E-state index >= 15 is 0 Å². The van der Waals surface area contributed by atoms with Gasteiger partial charge in [0.2, 0.25) is 0 Å². The molecule has 11 heteroatoms. The maximum Gasteiger partial charge on any atom is 0.296 e. The van der Waals surface area contributed by atoms with E-state index < -0.39 is 5.91 Å². The highest BCUT2D eigenvalue weighted by Crippen LogP contribution is 2.36. The van der Waals surface area contributed by atoms with Crippen LogP contribution in [0.2, 0.25) is 0 Å². The second kappa shape index (κ2) is 10.1. The zero-order valence-electron chi connectivity index (χ0n) is 21.3. The third-order valence-corrected chi connectivity index (χ3v) is 7.57. The fourth-order valence-electron chi connectivity index (χ4n) is 4.27. The summed E-state index contributed by atoms with van der Waals surface area (Å²) >= 11 is 6.62. The highest BCUT2D eigenvalue weighted by Gasteiger charge is 2.38. The van der Waals surface area contributed by atoms with Gasteiger partial charge in [-0.3, -0.25) is 28.4 Å². The lowest BCUT2D eigenvalue weighted by molar-refractivity contribution is -0.113. The molecule has 0 bridgehead atoms. The van der Waals surface area contributed by atoms with Crippen LogP contribution >= 0.6 is 24.0 Å². The molecule has 1 N–H and O–H groups in total. The van der Waals surface area contributed by atoms with E-state index in [-0.39, 0.29) is 31.6 Å². The van der Waals surface area contributed by atoms with Crippen molar-refractivity contribution in [1.29, 1.82) is 0 Å². The fraction of sp³-hybridized carbons (Fsp3) is 0.222. The summed E-state index contributed by atoms with van der Waals surface area (Å²) in [4.78, 5) is 46.8. The second-order valence-corrected chi connectivity index (χ2v) is 11.0. The smallest absolute Gasteiger partial charge is 0.296 e. The van der Waals surface area contributed by atoms with Gasteiger partial charge in [0.05, 0.1) is 21.8 Å². The van der Waals surface area contributed by atoms with Gasteiger partial charge in [0.1, 0.15) is 17.2 Å². The van der Waals surface area contributed by atoms with Gasteiger partial charge in [-0.2, -0.15) is 0 Å². The molecule has 1 aliphatic heterocycles. The third kappa shape index (κ3) is 4.37. The van der Waals surface area contributed by atoms with E-state index in [1.165, 1.54) is 20.1 Å². The van der Waals surface area contributed by atoms with Crippen molar-refractivity contribution in [1.82, 2.24) is 18.7 Å². The van der Waals surface area contributed by atoms with Gasteiger partial charge < -0.3 is 5.32 Å². The first-order valence-electron chi connectivity index (χ1n) is 12.1. The third-order valence-electron chi connectivity index (χ3n) is 6.26. The molecule has 0 saturated carbocycles. The Morgan fingerprint density at radius 3 is 2.47 bits per heavy atom. The second-order valence-electron chi connectivity index (χ2n) is 9.31. The molecule has 0 atom stereocenters. The largest absolute Gasteiger partial charge is 0.369 e. The molecular formula is C27H26N6O3S2. The van der Waals surface area contributed by atoms with E-state index in [2.05, 4.69) is 24.1 Å². The van der Waals surface area contributed by atoms with Crippen LogP contribution in [0.15, 0.2) is 69.2 Å². The molecule has 0 aliphatic carbocycles. The van der Waals surface area contributed by atoms with Gasteiger partial charge in [0, 0.05) is 19.8 Å². The number of anilines is 2. The van der Waals surface area contributed by atoms with E-state index in [9.17, 15) is 14.4 Å². The van der Waals surface area contributed by atoms with Crippen molar-refractivity contribution < 1.29 is 4.79 Å². The Balaban J connectivity index is 1.61. The zero-order chi connectivity index (χ0) is 27.1. The van der Waals surface area contributed by atoms with Crippen molar-refractivity contribution in [2.75, 3.05) is 16.8 Å². The maximum atomic E-state index is 13.7. The molecule has 38 heavy (non-hydrogen) atoms. The van der Waals surface area contributed by atoms with Crippen LogP contribution in [0.1, 0.15) is 25.1 Å². The number of carbonyl (C=O) groups excluding carboxylic acids is 1. The Morgan fingerprint density at radius 2 is 1.76 bits per heavy atom. The molecule has 0 unspecified atom stereocenters. The Kier molecular flexibility index (Phi) is 6.80. The highest BCUT2D eigenvalue weighted by atomic mass is 32.2. The molecule has 3 aromatic heterocycles. The first-order valence-corrected chi connectivity index (χ1v) is 13.3. The first-order chi connectivity index (χ1) is 18.2. The van der Waals surface area contributed by atoms with Crippen molar-refractivity contribution >= 4 is 57.4 Å². The zero-order valence-corrected chi connectivity index (χ0v) is 23.0. The minimum Gasteiger partial charge on any atom is -0.369 e. The summed E-state index contributed by atoms with van der Waals surface area (Å²) in [6.07, 6.45) is 3.16. The number of aromatic nitrogens is 4. The lowest BCUT2D eigenvalue weighted by atomic mass is 10.2. The van der Waals surface area contributed by atoms with Gasteiger partial charge in [-0.05, 0) is 43.2 Å². The fourth-order valence-corrected chi connectivity index (χ4v) is 5.52. The van der Waals surface area contributed by atoms with Gasteiger partial charge >= 0.3 is 0 Å². The number of fused-ring (bicyclic) bond motifs is 1. The van der Waals surface area contributed by atoms with E-state index in [1.807, 2.05) is 36.4 Å². The van der Waals surface area contributed by atoms with Crippen molar-refractivity contribution in [2.24, 2.45) is 13.0 Å². The minimum absolute atomic E-state index is 0.189. The van der Waals surface area contributed by atoms with E-state index in [4.69, 9.17) is 12.2 Å². The molecule has 5 rings (SSSR count). The topological polar surface area (TPSA) is 93.6 Å². The van der Waals surface area contributed by atoms with Crippen molar-refractivity contribution in [3.63, 3.8) is 0 Å². The van der Waals surface area contributed by atoms with Crippen LogP contribution in [0.5, 0.6) is 0 Å². The Bertz CT molecular complexity index is 1730. The molecule has 1 saturated heterocycles. The SMILES string of the molecule is Cc1c(N2C(=O)C(=Cc3c(NCC(C)C)nc4ccccn4c3=O)SC2=S)c(=O)n(-c2ccccc2)n1C. The maximum absolute atomic E-state index is 13.7. The Labute approximate surface area is 228 Å².